The first-order valence-corrected chi connectivity index (χ1v) is 6.93. The van der Waals surface area contributed by atoms with Crippen LogP contribution in [0.1, 0.15) is 51.7 Å². The van der Waals surface area contributed by atoms with Crippen LogP contribution in [0.15, 0.2) is 18.3 Å². The van der Waals surface area contributed by atoms with Crippen molar-refractivity contribution in [2.24, 2.45) is 5.41 Å². The second-order valence-corrected chi connectivity index (χ2v) is 5.77. The molecule has 1 aromatic rings. The third-order valence-electron chi connectivity index (χ3n) is 4.40. The summed E-state index contributed by atoms with van der Waals surface area (Å²) in [4.78, 5) is 6.77. The molecule has 100 valence electrons. The van der Waals surface area contributed by atoms with Crippen molar-refractivity contribution in [3.05, 3.63) is 23.9 Å². The molecule has 1 aliphatic rings. The number of anilines is 1. The van der Waals surface area contributed by atoms with E-state index in [0.29, 0.717) is 5.41 Å². The highest BCUT2D eigenvalue weighted by Crippen LogP contribution is 2.35. The van der Waals surface area contributed by atoms with E-state index in [-0.39, 0.29) is 0 Å². The molecule has 0 aromatic carbocycles. The number of aliphatic hydroxyl groups is 1. The highest BCUT2D eigenvalue weighted by Gasteiger charge is 2.28. The van der Waals surface area contributed by atoms with Crippen molar-refractivity contribution in [3.8, 4) is 0 Å². The SMILES string of the molecule is CCC1(C)CCN(c2cc(C(C)O)ccn2)CC1. The molecule has 0 radical (unpaired) electrons. The van der Waals surface area contributed by atoms with Gasteiger partial charge in [-0.15, -0.1) is 0 Å². The molecular formula is C15H24N2O. The van der Waals surface area contributed by atoms with Gasteiger partial charge in [0.25, 0.3) is 0 Å². The van der Waals surface area contributed by atoms with Gasteiger partial charge in [-0.05, 0) is 42.9 Å². The van der Waals surface area contributed by atoms with Gasteiger partial charge in [-0.2, -0.15) is 0 Å². The van der Waals surface area contributed by atoms with E-state index in [2.05, 4.69) is 23.7 Å². The number of rotatable bonds is 3. The molecule has 3 nitrogen and oxygen atoms in total. The molecule has 0 amide bonds. The molecule has 1 aromatic heterocycles. The van der Waals surface area contributed by atoms with Gasteiger partial charge in [-0.3, -0.25) is 0 Å². The minimum Gasteiger partial charge on any atom is -0.389 e. The Morgan fingerprint density at radius 3 is 2.67 bits per heavy atom. The van der Waals surface area contributed by atoms with Crippen LogP contribution >= 0.6 is 0 Å². The number of piperidine rings is 1. The van der Waals surface area contributed by atoms with Crippen molar-refractivity contribution in [1.82, 2.24) is 4.98 Å². The largest absolute Gasteiger partial charge is 0.389 e. The van der Waals surface area contributed by atoms with Crippen LogP contribution in [-0.2, 0) is 0 Å². The van der Waals surface area contributed by atoms with Crippen molar-refractivity contribution in [2.45, 2.75) is 46.1 Å². The van der Waals surface area contributed by atoms with Gasteiger partial charge >= 0.3 is 0 Å². The Morgan fingerprint density at radius 1 is 1.44 bits per heavy atom. The maximum atomic E-state index is 9.62. The minimum absolute atomic E-state index is 0.419. The van der Waals surface area contributed by atoms with Crippen LogP contribution in [0.25, 0.3) is 0 Å². The summed E-state index contributed by atoms with van der Waals surface area (Å²) in [5, 5.41) is 9.62. The molecular weight excluding hydrogens is 224 g/mol. The van der Waals surface area contributed by atoms with Crippen molar-refractivity contribution in [1.29, 1.82) is 0 Å². The highest BCUT2D eigenvalue weighted by molar-refractivity contribution is 5.42. The topological polar surface area (TPSA) is 36.4 Å². The third-order valence-corrected chi connectivity index (χ3v) is 4.40. The predicted octanol–water partition coefficient (Wildman–Crippen LogP) is 3.15. The molecule has 18 heavy (non-hydrogen) atoms. The van der Waals surface area contributed by atoms with Crippen LogP contribution in [0.4, 0.5) is 5.82 Å². The van der Waals surface area contributed by atoms with Gasteiger partial charge in [-0.25, -0.2) is 4.98 Å². The molecule has 1 fully saturated rings. The van der Waals surface area contributed by atoms with E-state index in [0.717, 1.165) is 24.5 Å². The van der Waals surface area contributed by atoms with E-state index < -0.39 is 6.10 Å². The smallest absolute Gasteiger partial charge is 0.128 e. The van der Waals surface area contributed by atoms with E-state index in [9.17, 15) is 5.11 Å². The zero-order valence-electron chi connectivity index (χ0n) is 11.7. The molecule has 0 aliphatic carbocycles. The second kappa shape index (κ2) is 5.27. The summed E-state index contributed by atoms with van der Waals surface area (Å²) in [6.45, 7) is 8.59. The fraction of sp³-hybridized carbons (Fsp3) is 0.667. The van der Waals surface area contributed by atoms with E-state index in [1.165, 1.54) is 19.3 Å². The fourth-order valence-corrected chi connectivity index (χ4v) is 2.50. The van der Waals surface area contributed by atoms with Gasteiger partial charge in [0.05, 0.1) is 6.10 Å². The Morgan fingerprint density at radius 2 is 2.11 bits per heavy atom. The lowest BCUT2D eigenvalue weighted by Crippen LogP contribution is -2.38. The molecule has 3 heteroatoms. The van der Waals surface area contributed by atoms with Crippen molar-refractivity contribution in [2.75, 3.05) is 18.0 Å². The van der Waals surface area contributed by atoms with Gasteiger partial charge in [0, 0.05) is 19.3 Å². The molecule has 0 bridgehead atoms. The van der Waals surface area contributed by atoms with Gasteiger partial charge in [0.2, 0.25) is 0 Å². The summed E-state index contributed by atoms with van der Waals surface area (Å²) in [6.07, 6.45) is 5.08. The van der Waals surface area contributed by atoms with E-state index in [1.807, 2.05) is 12.1 Å². The van der Waals surface area contributed by atoms with Crippen molar-refractivity contribution in [3.63, 3.8) is 0 Å². The average Bonchev–Trinajstić information content (AvgIpc) is 2.40. The lowest BCUT2D eigenvalue weighted by molar-refractivity contribution is 0.199. The molecule has 0 spiro atoms. The lowest BCUT2D eigenvalue weighted by atomic mass is 9.78. The van der Waals surface area contributed by atoms with Crippen molar-refractivity contribution < 1.29 is 5.11 Å². The maximum absolute atomic E-state index is 9.62. The number of nitrogens with zero attached hydrogens (tertiary/aromatic N) is 2. The maximum Gasteiger partial charge on any atom is 0.128 e. The Labute approximate surface area is 110 Å². The Bertz CT molecular complexity index is 395. The molecule has 1 unspecified atom stereocenters. The highest BCUT2D eigenvalue weighted by atomic mass is 16.3. The van der Waals surface area contributed by atoms with Crippen LogP contribution in [-0.4, -0.2) is 23.2 Å². The van der Waals surface area contributed by atoms with E-state index in [4.69, 9.17) is 0 Å². The first-order chi connectivity index (χ1) is 8.54. The van der Waals surface area contributed by atoms with E-state index >= 15 is 0 Å². The van der Waals surface area contributed by atoms with Crippen molar-refractivity contribution >= 4 is 5.82 Å². The quantitative estimate of drug-likeness (QED) is 0.892. The molecule has 0 saturated carbocycles. The summed E-state index contributed by atoms with van der Waals surface area (Å²) in [5.41, 5.74) is 1.45. The third kappa shape index (κ3) is 2.83. The predicted molar refractivity (Wildman–Crippen MR) is 74.7 cm³/mol. The first kappa shape index (κ1) is 13.3. The normalized spacial score (nSPS) is 20.8. The summed E-state index contributed by atoms with van der Waals surface area (Å²) in [5.74, 6) is 1.01. The van der Waals surface area contributed by atoms with Crippen LogP contribution < -0.4 is 4.90 Å². The van der Waals surface area contributed by atoms with Gasteiger partial charge in [0.15, 0.2) is 0 Å². The Balaban J connectivity index is 2.07. The summed E-state index contributed by atoms with van der Waals surface area (Å²) in [6, 6.07) is 3.90. The fourth-order valence-electron chi connectivity index (χ4n) is 2.50. The second-order valence-electron chi connectivity index (χ2n) is 5.77. The molecule has 1 aliphatic heterocycles. The number of aromatic nitrogens is 1. The lowest BCUT2D eigenvalue weighted by Gasteiger charge is -2.39. The van der Waals surface area contributed by atoms with Gasteiger partial charge in [0.1, 0.15) is 5.82 Å². The first-order valence-electron chi connectivity index (χ1n) is 6.93. The molecule has 2 heterocycles. The number of pyridine rings is 1. The number of hydrogen-bond donors (Lipinski definition) is 1. The zero-order valence-corrected chi connectivity index (χ0v) is 11.7. The summed E-state index contributed by atoms with van der Waals surface area (Å²) >= 11 is 0. The van der Waals surface area contributed by atoms with Gasteiger partial charge in [-0.1, -0.05) is 20.3 Å². The number of aliphatic hydroxyl groups excluding tert-OH is 1. The molecule has 1 atom stereocenters. The zero-order chi connectivity index (χ0) is 13.2. The monoisotopic (exact) mass is 248 g/mol. The van der Waals surface area contributed by atoms with Crippen LogP contribution in [0.2, 0.25) is 0 Å². The standard InChI is InChI=1S/C15H24N2O/c1-4-15(3)6-9-17(10-7-15)14-11-13(12(2)18)5-8-16-14/h5,8,11-12,18H,4,6-7,9-10H2,1-3H3. The summed E-state index contributed by atoms with van der Waals surface area (Å²) < 4.78 is 0. The molecule has 1 N–H and O–H groups in total. The van der Waals surface area contributed by atoms with Gasteiger partial charge < -0.3 is 10.0 Å². The molecule has 2 rings (SSSR count). The average molecular weight is 248 g/mol. The summed E-state index contributed by atoms with van der Waals surface area (Å²) in [7, 11) is 0. The number of hydrogen-bond acceptors (Lipinski definition) is 3. The molecule has 1 saturated heterocycles. The van der Waals surface area contributed by atoms with Crippen LogP contribution in [0, 0.1) is 5.41 Å². The van der Waals surface area contributed by atoms with E-state index in [1.54, 1.807) is 13.1 Å². The Kier molecular flexibility index (Phi) is 3.91. The minimum atomic E-state index is -0.419. The Hall–Kier alpha value is -1.09. The van der Waals surface area contributed by atoms with Crippen LogP contribution in [0.5, 0.6) is 0 Å². The van der Waals surface area contributed by atoms with Crippen LogP contribution in [0.3, 0.4) is 0 Å².